The maximum atomic E-state index is 12.4. The van der Waals surface area contributed by atoms with Crippen LogP contribution in [-0.2, 0) is 24.2 Å². The third-order valence-corrected chi connectivity index (χ3v) is 5.48. The van der Waals surface area contributed by atoms with Crippen LogP contribution in [0, 0.1) is 5.41 Å². The number of ketones is 1. The van der Waals surface area contributed by atoms with Crippen molar-refractivity contribution in [2.45, 2.75) is 72.2 Å². The number of rotatable bonds is 12. The summed E-state index contributed by atoms with van der Waals surface area (Å²) in [5.41, 5.74) is 1.59. The summed E-state index contributed by atoms with van der Waals surface area (Å²) in [5, 5.41) is 18.7. The van der Waals surface area contributed by atoms with Crippen molar-refractivity contribution in [1.82, 2.24) is 25.2 Å². The average molecular weight is 533 g/mol. The number of unbranched alkanes of at least 4 members (excludes halogenated alkanes) is 1. The van der Waals surface area contributed by atoms with E-state index in [1.807, 2.05) is 0 Å². The number of alkyl halides is 3. The number of halogens is 3. The quantitative estimate of drug-likeness (QED) is 0.253. The minimum atomic E-state index is -4.80. The molecule has 9 nitrogen and oxygen atoms in total. The predicted molar refractivity (Wildman–Crippen MR) is 133 cm³/mol. The minimum absolute atomic E-state index is 0.00220. The first-order valence-corrected chi connectivity index (χ1v) is 12.3. The summed E-state index contributed by atoms with van der Waals surface area (Å²) in [6, 6.07) is 8.61. The van der Waals surface area contributed by atoms with Gasteiger partial charge in [0.15, 0.2) is 11.6 Å². The van der Waals surface area contributed by atoms with Crippen molar-refractivity contribution in [2.24, 2.45) is 5.41 Å². The summed E-state index contributed by atoms with van der Waals surface area (Å²) < 4.78 is 42.7. The molecule has 0 aliphatic carbocycles. The minimum Gasteiger partial charge on any atom is -0.406 e. The van der Waals surface area contributed by atoms with Gasteiger partial charge in [0.25, 0.3) is 0 Å². The van der Waals surface area contributed by atoms with Crippen molar-refractivity contribution >= 4 is 17.5 Å². The third kappa shape index (κ3) is 10.3. The van der Waals surface area contributed by atoms with Gasteiger partial charge in [-0.2, -0.15) is 5.10 Å². The number of amides is 1. The van der Waals surface area contributed by atoms with Gasteiger partial charge in [-0.05, 0) is 60.9 Å². The predicted octanol–water partition coefficient (Wildman–Crippen LogP) is 5.18. The molecule has 1 amide bonds. The highest BCUT2D eigenvalue weighted by Gasteiger charge is 2.31. The molecule has 0 spiro atoms. The van der Waals surface area contributed by atoms with Crippen LogP contribution in [0.25, 0.3) is 0 Å². The number of benzene rings is 1. The Morgan fingerprint density at radius 3 is 2.50 bits per heavy atom. The summed E-state index contributed by atoms with van der Waals surface area (Å²) in [4.78, 5) is 24.5. The molecule has 1 N–H and O–H groups in total. The summed E-state index contributed by atoms with van der Waals surface area (Å²) >= 11 is 0. The first kappa shape index (κ1) is 28.7. The van der Waals surface area contributed by atoms with E-state index in [2.05, 4.69) is 51.3 Å². The van der Waals surface area contributed by atoms with E-state index in [0.29, 0.717) is 30.6 Å². The Kier molecular flexibility index (Phi) is 9.54. The molecule has 0 aliphatic heterocycles. The third-order valence-electron chi connectivity index (χ3n) is 5.48. The number of aromatic nitrogens is 5. The summed E-state index contributed by atoms with van der Waals surface area (Å²) in [6.07, 6.45) is 0.245. The largest absolute Gasteiger partial charge is 0.573 e. The molecule has 0 radical (unpaired) electrons. The van der Waals surface area contributed by atoms with Crippen molar-refractivity contribution in [3.63, 3.8) is 0 Å². The van der Waals surface area contributed by atoms with Gasteiger partial charge in [-0.1, -0.05) is 38.1 Å². The maximum absolute atomic E-state index is 12.4. The van der Waals surface area contributed by atoms with Crippen LogP contribution in [0.3, 0.4) is 0 Å². The fourth-order valence-electron chi connectivity index (χ4n) is 3.52. The number of carbonyl (C=O) groups is 2. The summed E-state index contributed by atoms with van der Waals surface area (Å²) in [7, 11) is 0. The second kappa shape index (κ2) is 12.6. The zero-order valence-electron chi connectivity index (χ0n) is 21.6. The monoisotopic (exact) mass is 532 g/mol. The van der Waals surface area contributed by atoms with Gasteiger partial charge in [0.2, 0.25) is 5.91 Å². The molecule has 1 aromatic carbocycles. The Morgan fingerprint density at radius 1 is 1.03 bits per heavy atom. The van der Waals surface area contributed by atoms with Crippen LogP contribution in [0.2, 0.25) is 0 Å². The Bertz CT molecular complexity index is 1220. The molecule has 2 heterocycles. The molecule has 0 fully saturated rings. The molecule has 204 valence electrons. The van der Waals surface area contributed by atoms with E-state index in [-0.39, 0.29) is 29.2 Å². The molecule has 3 rings (SSSR count). The number of anilines is 1. The van der Waals surface area contributed by atoms with Crippen LogP contribution in [0.15, 0.2) is 42.6 Å². The van der Waals surface area contributed by atoms with Crippen LogP contribution in [0.4, 0.5) is 19.0 Å². The summed E-state index contributed by atoms with van der Waals surface area (Å²) in [6.45, 7) is 6.90. The van der Waals surface area contributed by atoms with Crippen molar-refractivity contribution < 1.29 is 27.5 Å². The number of carbonyl (C=O) groups excluding carboxylic acids is 2. The number of hydrogen-bond donors (Lipinski definition) is 1. The molecular formula is C26H31F3N6O3. The Labute approximate surface area is 218 Å². The van der Waals surface area contributed by atoms with Crippen molar-refractivity contribution in [3.8, 4) is 5.75 Å². The zero-order chi connectivity index (χ0) is 27.8. The fraction of sp³-hybridized carbons (Fsp3) is 0.462. The fourth-order valence-corrected chi connectivity index (χ4v) is 3.52. The van der Waals surface area contributed by atoms with Gasteiger partial charge in [0.05, 0.1) is 18.3 Å². The Balaban J connectivity index is 1.39. The molecule has 38 heavy (non-hydrogen) atoms. The number of ether oxygens (including phenoxy) is 1. The van der Waals surface area contributed by atoms with Crippen LogP contribution in [-0.4, -0.2) is 43.2 Å². The van der Waals surface area contributed by atoms with Gasteiger partial charge in [0, 0.05) is 13.0 Å². The highest BCUT2D eigenvalue weighted by Crippen LogP contribution is 2.24. The highest BCUT2D eigenvalue weighted by molar-refractivity contribution is 5.93. The maximum Gasteiger partial charge on any atom is 0.573 e. The number of Topliss-reactive ketones (excluding diaryl/α,β-unsaturated/α-hetero) is 1. The molecule has 0 atom stereocenters. The van der Waals surface area contributed by atoms with Gasteiger partial charge in [0.1, 0.15) is 11.4 Å². The van der Waals surface area contributed by atoms with E-state index >= 15 is 0 Å². The lowest BCUT2D eigenvalue weighted by Crippen LogP contribution is -2.18. The first-order chi connectivity index (χ1) is 17.9. The number of hydrogen-bond acceptors (Lipinski definition) is 7. The zero-order valence-corrected chi connectivity index (χ0v) is 21.6. The van der Waals surface area contributed by atoms with Crippen LogP contribution in [0.1, 0.15) is 68.2 Å². The number of nitrogens with zero attached hydrogens (tertiary/aromatic N) is 5. The average Bonchev–Trinajstić information content (AvgIpc) is 3.29. The van der Waals surface area contributed by atoms with Gasteiger partial charge < -0.3 is 10.1 Å². The Hall–Kier alpha value is -3.83. The van der Waals surface area contributed by atoms with Gasteiger partial charge in [-0.25, -0.2) is 0 Å². The standard InChI is InChI=1S/C26H31F3N6O3/c1-25(2,3)13-12-22(36)21-17-35(34-32-21)14-5-4-8-19-10-11-23(33-31-19)30-24(37)16-18-7-6-9-20(15-18)38-26(27,28)29/h6-7,9-11,15,17H,4-5,8,12-14,16H2,1-3H3,(H,30,33,37). The van der Waals surface area contributed by atoms with Crippen molar-refractivity contribution in [1.29, 1.82) is 0 Å². The van der Waals surface area contributed by atoms with Crippen molar-refractivity contribution in [2.75, 3.05) is 5.32 Å². The van der Waals surface area contributed by atoms with E-state index in [0.717, 1.165) is 31.0 Å². The topological polar surface area (TPSA) is 112 Å². The van der Waals surface area contributed by atoms with E-state index in [1.54, 1.807) is 23.0 Å². The second-order valence-corrected chi connectivity index (χ2v) is 10.1. The van der Waals surface area contributed by atoms with E-state index in [4.69, 9.17) is 0 Å². The van der Waals surface area contributed by atoms with Crippen LogP contribution < -0.4 is 10.1 Å². The van der Waals surface area contributed by atoms with Gasteiger partial charge in [-0.3, -0.25) is 14.3 Å². The van der Waals surface area contributed by atoms with Gasteiger partial charge >= 0.3 is 6.36 Å². The molecule has 0 unspecified atom stereocenters. The van der Waals surface area contributed by atoms with Crippen LogP contribution >= 0.6 is 0 Å². The molecule has 0 saturated heterocycles. The van der Waals surface area contributed by atoms with Crippen molar-refractivity contribution in [3.05, 3.63) is 59.5 Å². The van der Waals surface area contributed by atoms with E-state index < -0.39 is 12.3 Å². The molecular weight excluding hydrogens is 501 g/mol. The molecule has 2 aromatic heterocycles. The number of aryl methyl sites for hydroxylation is 2. The normalized spacial score (nSPS) is 11.8. The smallest absolute Gasteiger partial charge is 0.406 e. The van der Waals surface area contributed by atoms with E-state index in [1.165, 1.54) is 18.2 Å². The molecule has 12 heteroatoms. The van der Waals surface area contributed by atoms with Crippen LogP contribution in [0.5, 0.6) is 5.75 Å². The molecule has 3 aromatic rings. The SMILES string of the molecule is CC(C)(C)CCC(=O)c1cn(CCCCc2ccc(NC(=O)Cc3cccc(OC(F)(F)F)c3)nn2)nn1. The number of nitrogens with one attached hydrogen (secondary N) is 1. The second-order valence-electron chi connectivity index (χ2n) is 10.1. The summed E-state index contributed by atoms with van der Waals surface area (Å²) in [5.74, 6) is -0.591. The lowest BCUT2D eigenvalue weighted by atomic mass is 9.89. The lowest BCUT2D eigenvalue weighted by molar-refractivity contribution is -0.274. The Morgan fingerprint density at radius 2 is 1.82 bits per heavy atom. The first-order valence-electron chi connectivity index (χ1n) is 12.3. The highest BCUT2D eigenvalue weighted by atomic mass is 19.4. The lowest BCUT2D eigenvalue weighted by Gasteiger charge is -2.16. The molecule has 0 aliphatic rings. The van der Waals surface area contributed by atoms with E-state index in [9.17, 15) is 22.8 Å². The molecule has 0 bridgehead atoms. The van der Waals surface area contributed by atoms with Gasteiger partial charge in [-0.15, -0.1) is 23.4 Å². The molecule has 0 saturated carbocycles.